The lowest BCUT2D eigenvalue weighted by Crippen LogP contribution is -2.44. The fourth-order valence-corrected chi connectivity index (χ4v) is 4.73. The summed E-state index contributed by atoms with van der Waals surface area (Å²) in [5.74, 6) is -1.68. The van der Waals surface area contributed by atoms with Gasteiger partial charge in [-0.3, -0.25) is 10.1 Å². The van der Waals surface area contributed by atoms with E-state index in [9.17, 15) is 34.4 Å². The first-order valence-corrected chi connectivity index (χ1v) is 16.4. The van der Waals surface area contributed by atoms with Gasteiger partial charge in [-0.25, -0.2) is 19.2 Å². The Morgan fingerprint density at radius 1 is 0.566 bits per heavy atom. The van der Waals surface area contributed by atoms with Crippen molar-refractivity contribution in [3.8, 4) is 5.75 Å². The Morgan fingerprint density at radius 2 is 0.943 bits per heavy atom. The molecular formula is C40H37N3O10. The fourth-order valence-electron chi connectivity index (χ4n) is 4.73. The lowest BCUT2D eigenvalue weighted by atomic mass is 10.1. The number of ether oxygens (including phenoxy) is 3. The molecule has 13 nitrogen and oxygen atoms in total. The molecule has 2 atom stereocenters. The number of amides is 2. The predicted octanol–water partition coefficient (Wildman–Crippen LogP) is 6.65. The van der Waals surface area contributed by atoms with Gasteiger partial charge in [0.05, 0.1) is 4.92 Å². The van der Waals surface area contributed by atoms with Gasteiger partial charge in [0.25, 0.3) is 5.69 Å². The molecule has 0 saturated heterocycles. The van der Waals surface area contributed by atoms with Crippen molar-refractivity contribution in [1.29, 1.82) is 0 Å². The molecule has 5 aromatic rings. The van der Waals surface area contributed by atoms with Crippen LogP contribution in [0.15, 0.2) is 146 Å². The number of esters is 1. The Kier molecular flexibility index (Phi) is 15.1. The minimum atomic E-state index is -1.10. The van der Waals surface area contributed by atoms with Gasteiger partial charge >= 0.3 is 24.1 Å². The highest BCUT2D eigenvalue weighted by Crippen LogP contribution is 2.18. The van der Waals surface area contributed by atoms with Gasteiger partial charge in [0, 0.05) is 25.0 Å². The number of hydrogen-bond acceptors (Lipinski definition) is 9. The molecular weight excluding hydrogens is 682 g/mol. The molecule has 0 saturated carbocycles. The van der Waals surface area contributed by atoms with Gasteiger partial charge in [0.2, 0.25) is 0 Å². The summed E-state index contributed by atoms with van der Waals surface area (Å²) in [4.78, 5) is 58.2. The Labute approximate surface area is 305 Å². The van der Waals surface area contributed by atoms with Gasteiger partial charge in [-0.05, 0) is 34.4 Å². The summed E-state index contributed by atoms with van der Waals surface area (Å²) < 4.78 is 15.6. The summed E-state index contributed by atoms with van der Waals surface area (Å²) in [6.07, 6.45) is -1.11. The van der Waals surface area contributed by atoms with Crippen molar-refractivity contribution >= 4 is 29.8 Å². The minimum absolute atomic E-state index is 0.0577. The number of nitro groups is 1. The lowest BCUT2D eigenvalue weighted by Gasteiger charge is -2.17. The van der Waals surface area contributed by atoms with E-state index in [0.29, 0.717) is 0 Å². The van der Waals surface area contributed by atoms with E-state index in [1.165, 1.54) is 24.3 Å². The maximum absolute atomic E-state index is 12.7. The van der Waals surface area contributed by atoms with E-state index >= 15 is 0 Å². The van der Waals surface area contributed by atoms with Gasteiger partial charge in [0.15, 0.2) is 0 Å². The number of rotatable bonds is 14. The number of non-ortho nitro benzene ring substituents is 1. The molecule has 0 fully saturated rings. The molecule has 13 heteroatoms. The highest BCUT2D eigenvalue weighted by molar-refractivity contribution is 5.83. The zero-order valence-corrected chi connectivity index (χ0v) is 28.4. The van der Waals surface area contributed by atoms with E-state index in [-0.39, 0.29) is 37.5 Å². The van der Waals surface area contributed by atoms with Crippen LogP contribution in [0, 0.1) is 10.1 Å². The fraction of sp³-hybridized carbons (Fsp3) is 0.150. The topological polar surface area (TPSA) is 183 Å². The zero-order valence-electron chi connectivity index (χ0n) is 28.4. The second-order valence-electron chi connectivity index (χ2n) is 11.4. The zero-order chi connectivity index (χ0) is 37.8. The molecule has 2 amide bonds. The Morgan fingerprint density at radius 3 is 1.34 bits per heavy atom. The van der Waals surface area contributed by atoms with Crippen LogP contribution in [0.4, 0.5) is 15.3 Å². The number of nitrogens with one attached hydrogen (secondary N) is 2. The molecule has 0 aliphatic rings. The van der Waals surface area contributed by atoms with E-state index in [1.54, 1.807) is 0 Å². The molecule has 0 aliphatic carbocycles. The molecule has 0 heterocycles. The maximum Gasteiger partial charge on any atom is 0.408 e. The van der Waals surface area contributed by atoms with Crippen molar-refractivity contribution in [2.45, 2.75) is 38.1 Å². The largest absolute Gasteiger partial charge is 0.480 e. The van der Waals surface area contributed by atoms with Crippen molar-refractivity contribution in [2.75, 3.05) is 0 Å². The highest BCUT2D eigenvalue weighted by atomic mass is 16.6. The predicted molar refractivity (Wildman–Crippen MR) is 194 cm³/mol. The summed E-state index contributed by atoms with van der Waals surface area (Å²) in [6, 6.07) is 39.7. The van der Waals surface area contributed by atoms with Crippen molar-refractivity contribution in [3.05, 3.63) is 178 Å². The van der Waals surface area contributed by atoms with Crippen LogP contribution in [0.5, 0.6) is 5.75 Å². The summed E-state index contributed by atoms with van der Waals surface area (Å²) >= 11 is 0. The van der Waals surface area contributed by atoms with Crippen LogP contribution >= 0.6 is 0 Å². The van der Waals surface area contributed by atoms with E-state index in [1.807, 2.05) is 121 Å². The summed E-state index contributed by atoms with van der Waals surface area (Å²) in [6.45, 7) is 0.159. The molecule has 5 aromatic carbocycles. The number of carbonyl (C=O) groups is 4. The van der Waals surface area contributed by atoms with E-state index in [4.69, 9.17) is 14.2 Å². The molecule has 5 rings (SSSR count). The van der Waals surface area contributed by atoms with Crippen LogP contribution in [0.3, 0.4) is 0 Å². The lowest BCUT2D eigenvalue weighted by molar-refractivity contribution is -0.384. The Bertz CT molecular complexity index is 1910. The first-order chi connectivity index (χ1) is 25.7. The molecule has 0 aliphatic heterocycles. The molecule has 0 radical (unpaired) electrons. The highest BCUT2D eigenvalue weighted by Gasteiger charge is 2.25. The number of nitro benzene ring substituents is 1. The molecule has 0 bridgehead atoms. The van der Waals surface area contributed by atoms with E-state index in [0.717, 1.165) is 22.3 Å². The van der Waals surface area contributed by atoms with Crippen LogP contribution in [-0.2, 0) is 45.1 Å². The van der Waals surface area contributed by atoms with Gasteiger partial charge in [-0.1, -0.05) is 121 Å². The second kappa shape index (κ2) is 20.6. The molecule has 0 aromatic heterocycles. The van der Waals surface area contributed by atoms with Crippen molar-refractivity contribution in [1.82, 2.24) is 10.6 Å². The molecule has 0 unspecified atom stereocenters. The quantitative estimate of drug-likeness (QED) is 0.0486. The maximum atomic E-state index is 12.7. The average Bonchev–Trinajstić information content (AvgIpc) is 3.18. The van der Waals surface area contributed by atoms with Gasteiger partial charge in [0.1, 0.15) is 31.0 Å². The average molecular weight is 720 g/mol. The third-order valence-corrected chi connectivity index (χ3v) is 7.42. The number of benzene rings is 5. The van der Waals surface area contributed by atoms with Crippen LogP contribution in [0.1, 0.15) is 22.3 Å². The van der Waals surface area contributed by atoms with Crippen molar-refractivity contribution < 1.29 is 43.4 Å². The van der Waals surface area contributed by atoms with Crippen LogP contribution in [0.25, 0.3) is 0 Å². The second-order valence-corrected chi connectivity index (χ2v) is 11.4. The van der Waals surface area contributed by atoms with Crippen LogP contribution in [-0.4, -0.2) is 46.2 Å². The van der Waals surface area contributed by atoms with E-state index < -0.39 is 41.1 Å². The normalized spacial score (nSPS) is 11.3. The summed E-state index contributed by atoms with van der Waals surface area (Å²) in [5.41, 5.74) is 3.18. The molecule has 272 valence electrons. The number of carboxylic acid groups (broad SMARTS) is 1. The monoisotopic (exact) mass is 719 g/mol. The van der Waals surface area contributed by atoms with Gasteiger partial charge in [-0.2, -0.15) is 0 Å². The third-order valence-electron chi connectivity index (χ3n) is 7.42. The number of aliphatic carboxylic acids is 1. The van der Waals surface area contributed by atoms with Crippen molar-refractivity contribution in [3.63, 3.8) is 0 Å². The standard InChI is InChI=1S/C23H20N2O6.C17H17NO4/c26-22(31-20-13-11-19(12-14-20)25(28)29)21(15-17-7-3-1-4-8-17)24-23(27)30-16-18-9-5-2-6-10-18;19-16(20)15(11-13-7-3-1-4-8-13)18-17(21)22-12-14-9-5-2-6-10-14/h1-14,21H,15-16H2,(H,24,27);1-10,15H,11-12H2,(H,18,21)(H,19,20)/t21-;15-/m00/s1. The van der Waals surface area contributed by atoms with Crippen molar-refractivity contribution in [2.24, 2.45) is 0 Å². The molecule has 0 spiro atoms. The number of carboxylic acids is 1. The first-order valence-electron chi connectivity index (χ1n) is 16.4. The number of hydrogen-bond donors (Lipinski definition) is 3. The first kappa shape index (κ1) is 38.8. The Hall–Kier alpha value is -7.02. The summed E-state index contributed by atoms with van der Waals surface area (Å²) in [5, 5.41) is 24.9. The number of alkyl carbamates (subject to hydrolysis) is 2. The van der Waals surface area contributed by atoms with Crippen LogP contribution in [0.2, 0.25) is 0 Å². The van der Waals surface area contributed by atoms with Crippen LogP contribution < -0.4 is 15.4 Å². The summed E-state index contributed by atoms with van der Waals surface area (Å²) in [7, 11) is 0. The van der Waals surface area contributed by atoms with Gasteiger partial charge in [-0.15, -0.1) is 0 Å². The smallest absolute Gasteiger partial charge is 0.408 e. The minimum Gasteiger partial charge on any atom is -0.480 e. The SMILES string of the molecule is O=C(N[C@@H](Cc1ccccc1)C(=O)O)OCc1ccccc1.O=C(N[C@@H](Cc1ccccc1)C(=O)Oc1ccc([N+](=O)[O-])cc1)OCc1ccccc1. The number of nitrogens with zero attached hydrogens (tertiary/aromatic N) is 1. The van der Waals surface area contributed by atoms with Gasteiger partial charge < -0.3 is 30.0 Å². The molecule has 53 heavy (non-hydrogen) atoms. The third kappa shape index (κ3) is 14.0. The Balaban J connectivity index is 0.000000251. The molecule has 3 N–H and O–H groups in total. The van der Waals surface area contributed by atoms with E-state index in [2.05, 4.69) is 10.6 Å². The number of carbonyl (C=O) groups excluding carboxylic acids is 3.